The Balaban J connectivity index is 2.35. The van der Waals surface area contributed by atoms with Crippen LogP contribution < -0.4 is 5.32 Å². The molecule has 2 bridgehead atoms. The normalized spacial score (nSPS) is 15.3. The molecule has 15 heavy (non-hydrogen) atoms. The third-order valence-electron chi connectivity index (χ3n) is 2.14. The lowest BCUT2D eigenvalue weighted by atomic mass is 10.1. The second-order valence-electron chi connectivity index (χ2n) is 3.28. The predicted octanol–water partition coefficient (Wildman–Crippen LogP) is 3.03. The minimum absolute atomic E-state index is 0.0103. The highest BCUT2D eigenvalue weighted by molar-refractivity contribution is 8.81. The molecule has 1 aromatic carbocycles. The van der Waals surface area contributed by atoms with Crippen LogP contribution in [0.3, 0.4) is 0 Å². The number of carbonyl (C=O) groups excluding carboxylic acids is 1. The maximum Gasteiger partial charge on any atom is 0.251 e. The number of amides is 1. The molecule has 0 saturated carbocycles. The summed E-state index contributed by atoms with van der Waals surface area (Å²) < 4.78 is 0. The van der Waals surface area contributed by atoms with Gasteiger partial charge in [0.05, 0.1) is 0 Å². The molecule has 0 saturated heterocycles. The Bertz CT molecular complexity index is 359. The molecule has 80 valence electrons. The lowest BCUT2D eigenvalue weighted by Crippen LogP contribution is -2.18. The van der Waals surface area contributed by atoms with E-state index in [4.69, 9.17) is 0 Å². The molecule has 0 fully saturated rings. The molecule has 1 N–H and O–H groups in total. The Morgan fingerprint density at radius 1 is 1.27 bits per heavy atom. The molecule has 0 atom stereocenters. The fraction of sp³-hybridized carbons (Fsp3) is 0.300. The fourth-order valence-corrected chi connectivity index (χ4v) is 5.75. The molecule has 1 aliphatic heterocycles. The quantitative estimate of drug-likeness (QED) is 0.784. The van der Waals surface area contributed by atoms with Gasteiger partial charge in [-0.2, -0.15) is 0 Å². The fourth-order valence-electron chi connectivity index (χ4n) is 1.47. The van der Waals surface area contributed by atoms with E-state index in [2.05, 4.69) is 11.4 Å². The predicted molar refractivity (Wildman–Crippen MR) is 70.7 cm³/mol. The van der Waals surface area contributed by atoms with E-state index in [1.54, 1.807) is 7.05 Å². The number of benzene rings is 1. The first-order valence-electron chi connectivity index (χ1n) is 4.63. The Hall–Kier alpha value is -0.180. The number of carbonyl (C=O) groups is 1. The van der Waals surface area contributed by atoms with Gasteiger partial charge in [-0.05, 0) is 30.2 Å². The highest BCUT2D eigenvalue weighted by Crippen LogP contribution is 2.47. The molecular formula is C10H12NOPS2. The second-order valence-corrected chi connectivity index (χ2v) is 8.33. The van der Waals surface area contributed by atoms with E-state index in [9.17, 15) is 4.79 Å². The van der Waals surface area contributed by atoms with Crippen LogP contribution in [-0.2, 0) is 11.5 Å². The minimum atomic E-state index is 0.0103. The van der Waals surface area contributed by atoms with Crippen LogP contribution in [0.4, 0.5) is 0 Å². The van der Waals surface area contributed by atoms with Crippen LogP contribution in [0.15, 0.2) is 18.2 Å². The van der Waals surface area contributed by atoms with E-state index in [0.717, 1.165) is 24.1 Å². The van der Waals surface area contributed by atoms with Crippen LogP contribution in [0.1, 0.15) is 21.5 Å². The van der Waals surface area contributed by atoms with Crippen LogP contribution in [-0.4, -0.2) is 13.0 Å². The van der Waals surface area contributed by atoms with Crippen molar-refractivity contribution in [1.82, 2.24) is 5.32 Å². The van der Waals surface area contributed by atoms with Crippen LogP contribution in [0.2, 0.25) is 0 Å². The van der Waals surface area contributed by atoms with Gasteiger partial charge in [0.2, 0.25) is 0 Å². The summed E-state index contributed by atoms with van der Waals surface area (Å²) >= 11 is 3.88. The zero-order chi connectivity index (χ0) is 10.7. The molecule has 1 aliphatic rings. The van der Waals surface area contributed by atoms with Gasteiger partial charge in [-0.1, -0.05) is 6.07 Å². The molecule has 1 heterocycles. The van der Waals surface area contributed by atoms with E-state index in [-0.39, 0.29) is 5.91 Å². The molecule has 2 nitrogen and oxygen atoms in total. The van der Waals surface area contributed by atoms with E-state index < -0.39 is 0 Å². The number of hydrogen-bond donors (Lipinski definition) is 1. The van der Waals surface area contributed by atoms with Crippen molar-refractivity contribution in [2.45, 2.75) is 11.5 Å². The second kappa shape index (κ2) is 5.24. The topological polar surface area (TPSA) is 29.1 Å². The zero-order valence-corrected chi connectivity index (χ0v) is 11.0. The molecular weight excluding hydrogens is 245 g/mol. The van der Waals surface area contributed by atoms with Gasteiger partial charge in [0.25, 0.3) is 5.91 Å². The summed E-state index contributed by atoms with van der Waals surface area (Å²) in [5.41, 5.74) is 3.32. The van der Waals surface area contributed by atoms with Crippen molar-refractivity contribution >= 4 is 35.7 Å². The summed E-state index contributed by atoms with van der Waals surface area (Å²) in [4.78, 5) is 11.5. The van der Waals surface area contributed by atoms with Gasteiger partial charge < -0.3 is 5.32 Å². The minimum Gasteiger partial charge on any atom is -0.355 e. The van der Waals surface area contributed by atoms with Gasteiger partial charge in [0, 0.05) is 24.1 Å². The van der Waals surface area contributed by atoms with Crippen molar-refractivity contribution in [1.29, 1.82) is 0 Å². The van der Waals surface area contributed by atoms with Crippen LogP contribution >= 0.6 is 29.7 Å². The Morgan fingerprint density at radius 3 is 2.40 bits per heavy atom. The summed E-state index contributed by atoms with van der Waals surface area (Å²) in [5.74, 6) is 2.04. The van der Waals surface area contributed by atoms with Crippen molar-refractivity contribution in [2.75, 3.05) is 7.05 Å². The van der Waals surface area contributed by atoms with Gasteiger partial charge in [-0.15, -0.1) is 22.8 Å². The maximum atomic E-state index is 11.5. The van der Waals surface area contributed by atoms with Crippen molar-refractivity contribution < 1.29 is 4.79 Å². The smallest absolute Gasteiger partial charge is 0.251 e. The lowest BCUT2D eigenvalue weighted by molar-refractivity contribution is 0.0963. The summed E-state index contributed by atoms with van der Waals surface area (Å²) in [7, 11) is 1.67. The summed E-state index contributed by atoms with van der Waals surface area (Å²) in [6.07, 6.45) is 0. The summed E-state index contributed by atoms with van der Waals surface area (Å²) in [6.45, 7) is 0.908. The first-order valence-corrected chi connectivity index (χ1v) is 9.05. The Labute approximate surface area is 99.3 Å². The Kier molecular flexibility index (Phi) is 3.95. The lowest BCUT2D eigenvalue weighted by Gasteiger charge is -2.12. The first-order chi connectivity index (χ1) is 7.29. The number of rotatable bonds is 1. The maximum absolute atomic E-state index is 11.5. The van der Waals surface area contributed by atoms with Crippen molar-refractivity contribution in [3.8, 4) is 0 Å². The zero-order valence-electron chi connectivity index (χ0n) is 8.37. The van der Waals surface area contributed by atoms with Gasteiger partial charge in [-0.3, -0.25) is 4.79 Å². The third kappa shape index (κ3) is 2.90. The molecule has 2 rings (SSSR count). The summed E-state index contributed by atoms with van der Waals surface area (Å²) in [5, 5.41) is 2.67. The van der Waals surface area contributed by atoms with Crippen LogP contribution in [0.5, 0.6) is 0 Å². The molecule has 0 unspecified atom stereocenters. The highest BCUT2D eigenvalue weighted by atomic mass is 33.1. The number of hydrogen-bond acceptors (Lipinski definition) is 3. The molecule has 0 spiro atoms. The third-order valence-corrected chi connectivity index (χ3v) is 7.02. The average molecular weight is 257 g/mol. The van der Waals surface area contributed by atoms with Gasteiger partial charge in [-0.25, -0.2) is 0 Å². The largest absolute Gasteiger partial charge is 0.355 e. The van der Waals surface area contributed by atoms with Gasteiger partial charge >= 0.3 is 0 Å². The van der Waals surface area contributed by atoms with Crippen molar-refractivity contribution in [3.63, 3.8) is 0 Å². The monoisotopic (exact) mass is 257 g/mol. The molecule has 0 aromatic heterocycles. The molecule has 1 aromatic rings. The standard InChI is InChI=1S/C10H12NOPS2/c1-11-10(12)9-3-7-2-8(4-9)6-15-13-14-5-7/h2-4,13H,5-6H2,1H3,(H,11,12). The van der Waals surface area contributed by atoms with E-state index in [0.29, 0.717) is 0 Å². The first kappa shape index (κ1) is 11.3. The summed E-state index contributed by atoms with van der Waals surface area (Å²) in [6, 6.07) is 6.20. The molecule has 0 radical (unpaired) electrons. The molecule has 1 amide bonds. The molecule has 0 aliphatic carbocycles. The number of fused-ring (bicyclic) bond motifs is 2. The van der Waals surface area contributed by atoms with Crippen LogP contribution in [0, 0.1) is 0 Å². The highest BCUT2D eigenvalue weighted by Gasteiger charge is 2.09. The number of nitrogens with one attached hydrogen (secondary N) is 1. The van der Waals surface area contributed by atoms with Gasteiger partial charge in [0.1, 0.15) is 0 Å². The van der Waals surface area contributed by atoms with E-state index in [1.165, 1.54) is 11.1 Å². The SMILES string of the molecule is CNC(=O)c1cc2cc(c1)CSPSC2. The van der Waals surface area contributed by atoms with Gasteiger partial charge in [0.15, 0.2) is 0 Å². The van der Waals surface area contributed by atoms with Crippen molar-refractivity contribution in [2.24, 2.45) is 0 Å². The van der Waals surface area contributed by atoms with Crippen LogP contribution in [0.25, 0.3) is 0 Å². The molecule has 5 heteroatoms. The Morgan fingerprint density at radius 2 is 1.87 bits per heavy atom. The van der Waals surface area contributed by atoms with E-state index >= 15 is 0 Å². The van der Waals surface area contributed by atoms with E-state index in [1.807, 2.05) is 34.9 Å². The van der Waals surface area contributed by atoms with Crippen molar-refractivity contribution in [3.05, 3.63) is 34.9 Å². The average Bonchev–Trinajstić information content (AvgIpc) is 2.25.